The Morgan fingerprint density at radius 3 is 3.12 bits per heavy atom. The van der Waals surface area contributed by atoms with Gasteiger partial charge in [0.25, 0.3) is 0 Å². The fraction of sp³-hybridized carbons (Fsp3) is 0.0833. The summed E-state index contributed by atoms with van der Waals surface area (Å²) < 4.78 is 2.59. The van der Waals surface area contributed by atoms with E-state index < -0.39 is 0 Å². The van der Waals surface area contributed by atoms with Gasteiger partial charge in [-0.25, -0.2) is 4.98 Å². The van der Waals surface area contributed by atoms with E-state index in [2.05, 4.69) is 11.1 Å². The number of aromatic nitrogens is 2. The molecule has 0 radical (unpaired) electrons. The van der Waals surface area contributed by atoms with Gasteiger partial charge in [0.2, 0.25) is 0 Å². The molecule has 0 spiro atoms. The normalized spacial score (nSPS) is 10.8. The number of hydrogen-bond acceptors (Lipinski definition) is 4. The van der Waals surface area contributed by atoms with E-state index >= 15 is 0 Å². The average molecular weight is 257 g/mol. The second-order valence-corrected chi connectivity index (χ2v) is 4.97. The smallest absolute Gasteiger partial charge is 0.146 e. The SMILES string of the molecule is Cc1csc2c(C#N)c(=S)c3cccnc3n12. The molecule has 82 valence electrons. The molecule has 0 unspecified atom stereocenters. The maximum absolute atomic E-state index is 9.24. The van der Waals surface area contributed by atoms with Crippen LogP contribution in [0.15, 0.2) is 23.7 Å². The first-order valence-corrected chi connectivity index (χ1v) is 6.30. The van der Waals surface area contributed by atoms with Gasteiger partial charge < -0.3 is 0 Å². The predicted molar refractivity (Wildman–Crippen MR) is 70.9 cm³/mol. The van der Waals surface area contributed by atoms with Crippen LogP contribution in [0, 0.1) is 22.8 Å². The molecule has 0 atom stereocenters. The van der Waals surface area contributed by atoms with Crippen molar-refractivity contribution in [1.82, 2.24) is 9.38 Å². The largest absolute Gasteiger partial charge is 0.288 e. The van der Waals surface area contributed by atoms with Crippen LogP contribution in [0.5, 0.6) is 0 Å². The summed E-state index contributed by atoms with van der Waals surface area (Å²) in [6, 6.07) is 5.95. The summed E-state index contributed by atoms with van der Waals surface area (Å²) >= 11 is 6.89. The van der Waals surface area contributed by atoms with Crippen LogP contribution in [0.4, 0.5) is 0 Å². The number of pyridine rings is 2. The molecule has 3 aromatic rings. The second-order valence-electron chi connectivity index (χ2n) is 3.71. The fourth-order valence-corrected chi connectivity index (χ4v) is 3.28. The predicted octanol–water partition coefficient (Wildman–Crippen LogP) is 3.46. The van der Waals surface area contributed by atoms with Crippen LogP contribution in [0.2, 0.25) is 0 Å². The van der Waals surface area contributed by atoms with E-state index in [0.29, 0.717) is 10.1 Å². The van der Waals surface area contributed by atoms with Gasteiger partial charge in [-0.2, -0.15) is 5.26 Å². The first-order chi connectivity index (χ1) is 8.24. The van der Waals surface area contributed by atoms with Gasteiger partial charge in [-0.1, -0.05) is 12.2 Å². The molecule has 0 fully saturated rings. The molecule has 5 heteroatoms. The highest BCUT2D eigenvalue weighted by Crippen LogP contribution is 2.27. The average Bonchev–Trinajstić information content (AvgIpc) is 2.73. The molecule has 3 aromatic heterocycles. The van der Waals surface area contributed by atoms with Crippen LogP contribution in [-0.2, 0) is 0 Å². The van der Waals surface area contributed by atoms with E-state index in [-0.39, 0.29) is 0 Å². The molecule has 3 rings (SSSR count). The van der Waals surface area contributed by atoms with Crippen LogP contribution in [0.25, 0.3) is 15.9 Å². The first-order valence-electron chi connectivity index (χ1n) is 5.01. The van der Waals surface area contributed by atoms with Gasteiger partial charge in [0.15, 0.2) is 0 Å². The molecule has 0 aliphatic heterocycles. The lowest BCUT2D eigenvalue weighted by atomic mass is 10.2. The molecule has 0 aromatic carbocycles. The zero-order chi connectivity index (χ0) is 12.0. The zero-order valence-electron chi connectivity index (χ0n) is 8.97. The molecule has 17 heavy (non-hydrogen) atoms. The first kappa shape index (κ1) is 10.4. The Kier molecular flexibility index (Phi) is 2.21. The van der Waals surface area contributed by atoms with Crippen molar-refractivity contribution in [2.75, 3.05) is 0 Å². The number of nitriles is 1. The van der Waals surface area contributed by atoms with Crippen LogP contribution >= 0.6 is 23.6 Å². The van der Waals surface area contributed by atoms with Gasteiger partial charge in [0.05, 0.1) is 4.51 Å². The highest BCUT2D eigenvalue weighted by atomic mass is 32.1. The van der Waals surface area contributed by atoms with E-state index in [1.54, 1.807) is 6.20 Å². The Hall–Kier alpha value is -1.77. The Labute approximate surface area is 107 Å². The van der Waals surface area contributed by atoms with Crippen molar-refractivity contribution in [1.29, 1.82) is 5.26 Å². The Bertz CT molecular complexity index is 836. The monoisotopic (exact) mass is 257 g/mol. The van der Waals surface area contributed by atoms with Crippen LogP contribution in [0.3, 0.4) is 0 Å². The van der Waals surface area contributed by atoms with Crippen molar-refractivity contribution in [2.45, 2.75) is 6.92 Å². The molecule has 3 nitrogen and oxygen atoms in total. The minimum atomic E-state index is 0.568. The summed E-state index contributed by atoms with van der Waals surface area (Å²) in [5.41, 5.74) is 2.46. The zero-order valence-corrected chi connectivity index (χ0v) is 10.6. The summed E-state index contributed by atoms with van der Waals surface area (Å²) in [6.07, 6.45) is 1.74. The van der Waals surface area contributed by atoms with Crippen LogP contribution in [-0.4, -0.2) is 9.38 Å². The Morgan fingerprint density at radius 1 is 1.53 bits per heavy atom. The lowest BCUT2D eigenvalue weighted by Crippen LogP contribution is -1.96. The summed E-state index contributed by atoms with van der Waals surface area (Å²) in [6.45, 7) is 2.00. The highest BCUT2D eigenvalue weighted by Gasteiger charge is 2.12. The van der Waals surface area contributed by atoms with Crippen LogP contribution < -0.4 is 0 Å². The van der Waals surface area contributed by atoms with E-state index in [1.807, 2.05) is 28.8 Å². The molecule has 0 saturated carbocycles. The van der Waals surface area contributed by atoms with Gasteiger partial charge in [-0.15, -0.1) is 11.3 Å². The highest BCUT2D eigenvalue weighted by molar-refractivity contribution is 7.71. The van der Waals surface area contributed by atoms with Crippen molar-refractivity contribution in [2.24, 2.45) is 0 Å². The number of fused-ring (bicyclic) bond motifs is 3. The molecule has 0 aliphatic rings. The number of aryl methyl sites for hydroxylation is 1. The van der Waals surface area contributed by atoms with E-state index in [9.17, 15) is 5.26 Å². The molecular formula is C12H7N3S2. The maximum atomic E-state index is 9.24. The quantitative estimate of drug-likeness (QED) is 0.579. The third-order valence-electron chi connectivity index (χ3n) is 2.69. The van der Waals surface area contributed by atoms with E-state index in [1.165, 1.54) is 11.3 Å². The fourth-order valence-electron chi connectivity index (χ4n) is 1.92. The number of hydrogen-bond donors (Lipinski definition) is 0. The lowest BCUT2D eigenvalue weighted by molar-refractivity contribution is 1.12. The van der Waals surface area contributed by atoms with Gasteiger partial charge in [-0.05, 0) is 19.1 Å². The summed E-state index contributed by atoms with van der Waals surface area (Å²) in [5, 5.41) is 12.1. The minimum absolute atomic E-state index is 0.568. The second kappa shape index (κ2) is 3.62. The van der Waals surface area contributed by atoms with Gasteiger partial charge in [0, 0.05) is 22.7 Å². The molecule has 3 heterocycles. The number of thiazole rings is 1. The molecule has 0 aliphatic carbocycles. The van der Waals surface area contributed by atoms with Crippen molar-refractivity contribution >= 4 is 39.4 Å². The lowest BCUT2D eigenvalue weighted by Gasteiger charge is -2.04. The third kappa shape index (κ3) is 1.32. The number of nitrogens with zero attached hydrogens (tertiary/aromatic N) is 3. The number of rotatable bonds is 0. The third-order valence-corrected chi connectivity index (χ3v) is 4.19. The van der Waals surface area contributed by atoms with Crippen LogP contribution in [0.1, 0.15) is 11.3 Å². The molecule has 0 bridgehead atoms. The summed E-state index contributed by atoms with van der Waals surface area (Å²) in [7, 11) is 0. The molecule has 0 N–H and O–H groups in total. The minimum Gasteiger partial charge on any atom is -0.288 e. The standard InChI is InChI=1S/C12H7N3S2/c1-7-6-17-12-9(5-13)10(16)8-3-2-4-14-11(8)15(7)12/h2-4,6H,1H3. The van der Waals surface area contributed by atoms with Gasteiger partial charge in [0.1, 0.15) is 22.1 Å². The van der Waals surface area contributed by atoms with Crippen molar-refractivity contribution in [3.05, 3.63) is 39.5 Å². The topological polar surface area (TPSA) is 41.1 Å². The van der Waals surface area contributed by atoms with Crippen molar-refractivity contribution < 1.29 is 0 Å². The molecular weight excluding hydrogens is 250 g/mol. The summed E-state index contributed by atoms with van der Waals surface area (Å²) in [5.74, 6) is 0. The van der Waals surface area contributed by atoms with E-state index in [4.69, 9.17) is 12.2 Å². The van der Waals surface area contributed by atoms with Crippen molar-refractivity contribution in [3.63, 3.8) is 0 Å². The summed E-state index contributed by atoms with van der Waals surface area (Å²) in [4.78, 5) is 5.25. The maximum Gasteiger partial charge on any atom is 0.146 e. The van der Waals surface area contributed by atoms with Gasteiger partial charge >= 0.3 is 0 Å². The molecule has 0 saturated heterocycles. The Morgan fingerprint density at radius 2 is 2.35 bits per heavy atom. The van der Waals surface area contributed by atoms with Gasteiger partial charge in [-0.3, -0.25) is 4.40 Å². The van der Waals surface area contributed by atoms with Crippen molar-refractivity contribution in [3.8, 4) is 6.07 Å². The Balaban J connectivity index is 2.78. The van der Waals surface area contributed by atoms with E-state index in [0.717, 1.165) is 21.6 Å². The molecule has 0 amide bonds.